The van der Waals surface area contributed by atoms with Crippen LogP contribution in [0.2, 0.25) is 0 Å². The number of aliphatic hydroxyl groups excluding tert-OH is 1. The quantitative estimate of drug-likeness (QED) is 0.827. The minimum Gasteiger partial charge on any atom is -0.394 e. The number of carbonyl (C=O) groups is 1. The van der Waals surface area contributed by atoms with Gasteiger partial charge in [0.25, 0.3) is 0 Å². The average Bonchev–Trinajstić information content (AvgIpc) is 2.38. The summed E-state index contributed by atoms with van der Waals surface area (Å²) in [5.74, 6) is -2.88. The largest absolute Gasteiger partial charge is 0.394 e. The standard InChI is InChI=1S/C13H21F2NO2/c14-13(15)6-4-10(5-7-13)12(18)16-8-2-1-3-11(16)9-17/h10-11,17H,1-9H2. The van der Waals surface area contributed by atoms with Gasteiger partial charge in [-0.25, -0.2) is 8.78 Å². The number of carbonyl (C=O) groups excluding carboxylic acids is 1. The van der Waals surface area contributed by atoms with Crippen molar-refractivity contribution >= 4 is 5.91 Å². The van der Waals surface area contributed by atoms with Crippen LogP contribution in [0.4, 0.5) is 8.78 Å². The molecule has 0 radical (unpaired) electrons. The Hall–Kier alpha value is -0.710. The molecule has 1 aliphatic heterocycles. The molecule has 0 aromatic heterocycles. The zero-order valence-corrected chi connectivity index (χ0v) is 10.6. The molecular formula is C13H21F2NO2. The second-order valence-corrected chi connectivity index (χ2v) is 5.49. The summed E-state index contributed by atoms with van der Waals surface area (Å²) in [6, 6.07) is -0.103. The smallest absolute Gasteiger partial charge is 0.248 e. The fourth-order valence-corrected chi connectivity index (χ4v) is 3.00. The van der Waals surface area contributed by atoms with Gasteiger partial charge in [-0.15, -0.1) is 0 Å². The van der Waals surface area contributed by atoms with Crippen LogP contribution in [-0.4, -0.2) is 41.0 Å². The van der Waals surface area contributed by atoms with Crippen LogP contribution in [0.25, 0.3) is 0 Å². The number of alkyl halides is 2. The van der Waals surface area contributed by atoms with Crippen LogP contribution >= 0.6 is 0 Å². The van der Waals surface area contributed by atoms with E-state index in [0.29, 0.717) is 6.54 Å². The van der Waals surface area contributed by atoms with E-state index >= 15 is 0 Å². The van der Waals surface area contributed by atoms with Crippen LogP contribution in [-0.2, 0) is 4.79 Å². The predicted molar refractivity (Wildman–Crippen MR) is 63.3 cm³/mol. The number of piperidine rings is 1. The van der Waals surface area contributed by atoms with E-state index in [1.807, 2.05) is 0 Å². The van der Waals surface area contributed by atoms with E-state index in [2.05, 4.69) is 0 Å². The second-order valence-electron chi connectivity index (χ2n) is 5.49. The minimum atomic E-state index is -2.59. The molecule has 1 heterocycles. The summed E-state index contributed by atoms with van der Waals surface area (Å²) in [6.07, 6.45) is 3.00. The number of amides is 1. The summed E-state index contributed by atoms with van der Waals surface area (Å²) in [6.45, 7) is 0.644. The van der Waals surface area contributed by atoms with E-state index in [1.54, 1.807) is 4.90 Å². The van der Waals surface area contributed by atoms with Gasteiger partial charge in [0.1, 0.15) is 0 Å². The molecule has 1 saturated carbocycles. The van der Waals surface area contributed by atoms with Crippen molar-refractivity contribution in [1.82, 2.24) is 4.90 Å². The zero-order chi connectivity index (χ0) is 13.2. The normalized spacial score (nSPS) is 29.3. The lowest BCUT2D eigenvalue weighted by Gasteiger charge is -2.38. The number of hydrogen-bond donors (Lipinski definition) is 1. The molecule has 5 heteroatoms. The maximum Gasteiger partial charge on any atom is 0.248 e. The van der Waals surface area contributed by atoms with Crippen molar-refractivity contribution in [2.45, 2.75) is 56.9 Å². The Bertz CT molecular complexity index is 299. The molecule has 1 amide bonds. The Morgan fingerprint density at radius 3 is 2.50 bits per heavy atom. The molecule has 1 atom stereocenters. The molecule has 104 valence electrons. The number of rotatable bonds is 2. The molecule has 2 rings (SSSR count). The minimum absolute atomic E-state index is 0.0192. The lowest BCUT2D eigenvalue weighted by atomic mass is 9.85. The van der Waals surface area contributed by atoms with Gasteiger partial charge in [-0.3, -0.25) is 4.79 Å². The Morgan fingerprint density at radius 2 is 1.89 bits per heavy atom. The van der Waals surface area contributed by atoms with E-state index < -0.39 is 5.92 Å². The van der Waals surface area contributed by atoms with Crippen LogP contribution in [0.3, 0.4) is 0 Å². The van der Waals surface area contributed by atoms with E-state index in [4.69, 9.17) is 0 Å². The lowest BCUT2D eigenvalue weighted by molar-refractivity contribution is -0.144. The zero-order valence-electron chi connectivity index (χ0n) is 10.6. The highest BCUT2D eigenvalue weighted by molar-refractivity contribution is 5.79. The highest BCUT2D eigenvalue weighted by atomic mass is 19.3. The lowest BCUT2D eigenvalue weighted by Crippen LogP contribution is -2.49. The van der Waals surface area contributed by atoms with Gasteiger partial charge in [-0.1, -0.05) is 0 Å². The molecule has 1 N–H and O–H groups in total. The number of halogens is 2. The van der Waals surface area contributed by atoms with Crippen LogP contribution in [0, 0.1) is 5.92 Å². The van der Waals surface area contributed by atoms with Gasteiger partial charge >= 0.3 is 0 Å². The number of nitrogens with zero attached hydrogens (tertiary/aromatic N) is 1. The van der Waals surface area contributed by atoms with E-state index in [9.17, 15) is 18.7 Å². The van der Waals surface area contributed by atoms with Crippen molar-refractivity contribution in [3.63, 3.8) is 0 Å². The van der Waals surface area contributed by atoms with E-state index in [1.165, 1.54) is 0 Å². The van der Waals surface area contributed by atoms with Crippen molar-refractivity contribution < 1.29 is 18.7 Å². The molecule has 2 fully saturated rings. The number of aliphatic hydroxyl groups is 1. The molecule has 2 aliphatic rings. The fraction of sp³-hybridized carbons (Fsp3) is 0.923. The first kappa shape index (κ1) is 13.7. The maximum atomic E-state index is 13.1. The summed E-state index contributed by atoms with van der Waals surface area (Å²) in [5.41, 5.74) is 0. The van der Waals surface area contributed by atoms with Gasteiger partial charge < -0.3 is 10.0 Å². The molecule has 0 spiro atoms. The first-order valence-corrected chi connectivity index (χ1v) is 6.83. The number of likely N-dealkylation sites (tertiary alicyclic amines) is 1. The monoisotopic (exact) mass is 261 g/mol. The first-order valence-electron chi connectivity index (χ1n) is 6.83. The Kier molecular flexibility index (Phi) is 4.20. The fourth-order valence-electron chi connectivity index (χ4n) is 3.00. The number of hydrogen-bond acceptors (Lipinski definition) is 2. The Balaban J connectivity index is 1.94. The summed E-state index contributed by atoms with van der Waals surface area (Å²) < 4.78 is 26.1. The summed E-state index contributed by atoms with van der Waals surface area (Å²) in [4.78, 5) is 14.0. The van der Waals surface area contributed by atoms with Gasteiger partial charge in [-0.05, 0) is 32.1 Å². The molecule has 1 aliphatic carbocycles. The van der Waals surface area contributed by atoms with Gasteiger partial charge in [0.15, 0.2) is 0 Å². The van der Waals surface area contributed by atoms with Crippen molar-refractivity contribution in [3.8, 4) is 0 Å². The molecule has 0 aromatic rings. The molecule has 18 heavy (non-hydrogen) atoms. The van der Waals surface area contributed by atoms with Crippen molar-refractivity contribution in [1.29, 1.82) is 0 Å². The molecule has 3 nitrogen and oxygen atoms in total. The summed E-state index contributed by atoms with van der Waals surface area (Å²) >= 11 is 0. The summed E-state index contributed by atoms with van der Waals surface area (Å²) in [7, 11) is 0. The van der Waals surface area contributed by atoms with E-state index in [-0.39, 0.29) is 50.2 Å². The van der Waals surface area contributed by atoms with Gasteiger partial charge in [0, 0.05) is 25.3 Å². The molecular weight excluding hydrogens is 240 g/mol. The highest BCUT2D eigenvalue weighted by Gasteiger charge is 2.39. The second kappa shape index (κ2) is 5.51. The van der Waals surface area contributed by atoms with Crippen LogP contribution in [0.1, 0.15) is 44.9 Å². The van der Waals surface area contributed by atoms with Crippen molar-refractivity contribution in [2.75, 3.05) is 13.2 Å². The highest BCUT2D eigenvalue weighted by Crippen LogP contribution is 2.37. The molecule has 1 saturated heterocycles. The average molecular weight is 261 g/mol. The third-order valence-corrected chi connectivity index (χ3v) is 4.19. The Morgan fingerprint density at radius 1 is 1.22 bits per heavy atom. The summed E-state index contributed by atoms with van der Waals surface area (Å²) in [5, 5.41) is 9.28. The molecule has 1 unspecified atom stereocenters. The van der Waals surface area contributed by atoms with Crippen LogP contribution in [0.5, 0.6) is 0 Å². The topological polar surface area (TPSA) is 40.5 Å². The first-order chi connectivity index (χ1) is 8.53. The Labute approximate surface area is 106 Å². The van der Waals surface area contributed by atoms with Crippen LogP contribution < -0.4 is 0 Å². The van der Waals surface area contributed by atoms with Gasteiger partial charge in [-0.2, -0.15) is 0 Å². The molecule has 0 aromatic carbocycles. The maximum absolute atomic E-state index is 13.1. The predicted octanol–water partition coefficient (Wildman–Crippen LogP) is 2.19. The van der Waals surface area contributed by atoms with Crippen molar-refractivity contribution in [3.05, 3.63) is 0 Å². The molecule has 0 bridgehead atoms. The van der Waals surface area contributed by atoms with Gasteiger partial charge in [0.2, 0.25) is 11.8 Å². The van der Waals surface area contributed by atoms with Crippen LogP contribution in [0.15, 0.2) is 0 Å². The van der Waals surface area contributed by atoms with Gasteiger partial charge in [0.05, 0.1) is 12.6 Å². The third kappa shape index (κ3) is 2.99. The van der Waals surface area contributed by atoms with Crippen molar-refractivity contribution in [2.24, 2.45) is 5.92 Å². The SMILES string of the molecule is O=C(C1CCC(F)(F)CC1)N1CCCCC1CO. The third-order valence-electron chi connectivity index (χ3n) is 4.19. The van der Waals surface area contributed by atoms with E-state index in [0.717, 1.165) is 19.3 Å².